The lowest BCUT2D eigenvalue weighted by Gasteiger charge is -2.39. The van der Waals surface area contributed by atoms with Gasteiger partial charge in [-0.1, -0.05) is 18.2 Å². The third kappa shape index (κ3) is 2.26. The van der Waals surface area contributed by atoms with Gasteiger partial charge in [-0.25, -0.2) is 0 Å². The fraction of sp³-hybridized carbons (Fsp3) is 0.625. The van der Waals surface area contributed by atoms with E-state index in [1.54, 1.807) is 0 Å². The van der Waals surface area contributed by atoms with E-state index >= 15 is 0 Å². The molecule has 0 aromatic heterocycles. The summed E-state index contributed by atoms with van der Waals surface area (Å²) in [5.74, 6) is 1.90. The smallest absolute Gasteiger partial charge is 0.124 e. The van der Waals surface area contributed by atoms with Gasteiger partial charge < -0.3 is 10.5 Å². The maximum absolute atomic E-state index is 6.53. The van der Waals surface area contributed by atoms with Gasteiger partial charge in [0.05, 0.1) is 12.1 Å². The Morgan fingerprint density at radius 2 is 1.95 bits per heavy atom. The molecular formula is C16H22N2O. The monoisotopic (exact) mass is 258 g/mol. The summed E-state index contributed by atoms with van der Waals surface area (Å²) >= 11 is 0. The lowest BCUT2D eigenvalue weighted by atomic mass is 9.95. The van der Waals surface area contributed by atoms with E-state index in [9.17, 15) is 0 Å². The number of nitrogens with zero attached hydrogens (tertiary/aromatic N) is 1. The average Bonchev–Trinajstić information content (AvgIpc) is 3.30. The van der Waals surface area contributed by atoms with E-state index in [1.165, 1.54) is 37.8 Å². The zero-order chi connectivity index (χ0) is 12.8. The maximum atomic E-state index is 6.53. The molecule has 2 saturated carbocycles. The number of benzene rings is 1. The van der Waals surface area contributed by atoms with Gasteiger partial charge in [-0.2, -0.15) is 0 Å². The lowest BCUT2D eigenvalue weighted by molar-refractivity contribution is 0.0868. The van der Waals surface area contributed by atoms with E-state index in [4.69, 9.17) is 10.5 Å². The molecule has 4 rings (SSSR count). The third-order valence-corrected chi connectivity index (χ3v) is 4.71. The number of rotatable bonds is 4. The fourth-order valence-electron chi connectivity index (χ4n) is 3.24. The average molecular weight is 258 g/mol. The topological polar surface area (TPSA) is 38.5 Å². The van der Waals surface area contributed by atoms with E-state index < -0.39 is 0 Å². The van der Waals surface area contributed by atoms with Crippen LogP contribution < -0.4 is 10.5 Å². The van der Waals surface area contributed by atoms with Gasteiger partial charge in [0.15, 0.2) is 0 Å². The van der Waals surface area contributed by atoms with Gasteiger partial charge in [0, 0.05) is 18.2 Å². The van der Waals surface area contributed by atoms with Gasteiger partial charge in [-0.3, -0.25) is 4.90 Å². The zero-order valence-electron chi connectivity index (χ0n) is 11.3. The van der Waals surface area contributed by atoms with Gasteiger partial charge in [0.2, 0.25) is 0 Å². The molecule has 0 saturated heterocycles. The number of fused-ring (bicyclic) bond motifs is 1. The Balaban J connectivity index is 1.57. The standard InChI is InChI=1S/C16H22N2O/c17-16-13-3-1-2-4-15(13)19-10-14(16)18(12-7-8-12)9-11-5-6-11/h1-4,11-12,14,16H,5-10,17H2. The first-order valence-electron chi connectivity index (χ1n) is 7.56. The molecule has 2 fully saturated rings. The highest BCUT2D eigenvalue weighted by Crippen LogP contribution is 2.40. The lowest BCUT2D eigenvalue weighted by Crippen LogP contribution is -2.50. The van der Waals surface area contributed by atoms with Crippen molar-refractivity contribution < 1.29 is 4.74 Å². The van der Waals surface area contributed by atoms with Crippen LogP contribution in [0.3, 0.4) is 0 Å². The normalized spacial score (nSPS) is 30.0. The predicted molar refractivity (Wildman–Crippen MR) is 75.1 cm³/mol. The first-order chi connectivity index (χ1) is 9.33. The predicted octanol–water partition coefficient (Wildman–Crippen LogP) is 2.32. The van der Waals surface area contributed by atoms with Gasteiger partial charge in [0.25, 0.3) is 0 Å². The molecule has 0 bridgehead atoms. The molecule has 0 amide bonds. The molecule has 2 unspecified atom stereocenters. The van der Waals surface area contributed by atoms with Crippen molar-refractivity contribution >= 4 is 0 Å². The van der Waals surface area contributed by atoms with Crippen LogP contribution >= 0.6 is 0 Å². The summed E-state index contributed by atoms with van der Waals surface area (Å²) in [5, 5.41) is 0. The molecule has 102 valence electrons. The van der Waals surface area contributed by atoms with Crippen LogP contribution in [0.15, 0.2) is 24.3 Å². The molecule has 19 heavy (non-hydrogen) atoms. The largest absolute Gasteiger partial charge is 0.492 e. The summed E-state index contributed by atoms with van der Waals surface area (Å²) < 4.78 is 5.95. The summed E-state index contributed by atoms with van der Waals surface area (Å²) in [4.78, 5) is 2.65. The number of hydrogen-bond acceptors (Lipinski definition) is 3. The number of nitrogens with two attached hydrogens (primary N) is 1. The van der Waals surface area contributed by atoms with Crippen molar-refractivity contribution in [2.24, 2.45) is 11.7 Å². The molecule has 0 spiro atoms. The minimum atomic E-state index is 0.101. The third-order valence-electron chi connectivity index (χ3n) is 4.71. The van der Waals surface area contributed by atoms with Crippen molar-refractivity contribution in [2.45, 2.75) is 43.8 Å². The number of hydrogen-bond donors (Lipinski definition) is 1. The van der Waals surface area contributed by atoms with E-state index in [1.807, 2.05) is 12.1 Å². The van der Waals surface area contributed by atoms with E-state index in [-0.39, 0.29) is 6.04 Å². The van der Waals surface area contributed by atoms with E-state index in [0.717, 1.165) is 24.3 Å². The van der Waals surface area contributed by atoms with E-state index in [2.05, 4.69) is 17.0 Å². The Morgan fingerprint density at radius 1 is 1.16 bits per heavy atom. The van der Waals surface area contributed by atoms with E-state index in [0.29, 0.717) is 6.04 Å². The Hall–Kier alpha value is -1.06. The maximum Gasteiger partial charge on any atom is 0.124 e. The second kappa shape index (κ2) is 4.50. The minimum Gasteiger partial charge on any atom is -0.492 e. The fourth-order valence-corrected chi connectivity index (χ4v) is 3.24. The van der Waals surface area contributed by atoms with Crippen LogP contribution in [0.5, 0.6) is 5.75 Å². The van der Waals surface area contributed by atoms with Gasteiger partial charge in [-0.05, 0) is 37.7 Å². The first-order valence-corrected chi connectivity index (χ1v) is 7.56. The molecule has 2 aliphatic carbocycles. The van der Waals surface area contributed by atoms with Crippen LogP contribution in [-0.2, 0) is 0 Å². The van der Waals surface area contributed by atoms with Crippen molar-refractivity contribution in [2.75, 3.05) is 13.2 Å². The van der Waals surface area contributed by atoms with Crippen molar-refractivity contribution in [3.8, 4) is 5.75 Å². The molecule has 1 aromatic rings. The molecule has 3 heteroatoms. The molecule has 2 N–H and O–H groups in total. The second-order valence-corrected chi connectivity index (χ2v) is 6.31. The number of para-hydroxylation sites is 1. The van der Waals surface area contributed by atoms with Gasteiger partial charge >= 0.3 is 0 Å². The molecule has 3 aliphatic rings. The van der Waals surface area contributed by atoms with Crippen LogP contribution in [0, 0.1) is 5.92 Å². The van der Waals surface area contributed by atoms with Crippen LogP contribution in [-0.4, -0.2) is 30.1 Å². The Labute approximate surface area is 114 Å². The Bertz CT molecular complexity index is 468. The molecule has 0 radical (unpaired) electrons. The highest BCUT2D eigenvalue weighted by Gasteiger charge is 2.41. The summed E-state index contributed by atoms with van der Waals surface area (Å²) in [6.45, 7) is 1.98. The summed E-state index contributed by atoms with van der Waals surface area (Å²) in [7, 11) is 0. The number of ether oxygens (including phenoxy) is 1. The summed E-state index contributed by atoms with van der Waals surface area (Å²) in [6, 6.07) is 9.47. The zero-order valence-corrected chi connectivity index (χ0v) is 11.3. The van der Waals surface area contributed by atoms with Crippen molar-refractivity contribution in [3.05, 3.63) is 29.8 Å². The molecule has 3 nitrogen and oxygen atoms in total. The Morgan fingerprint density at radius 3 is 2.68 bits per heavy atom. The van der Waals surface area contributed by atoms with Crippen LogP contribution in [0.2, 0.25) is 0 Å². The highest BCUT2D eigenvalue weighted by atomic mass is 16.5. The molecule has 1 heterocycles. The highest BCUT2D eigenvalue weighted by molar-refractivity contribution is 5.38. The molecular weight excluding hydrogens is 236 g/mol. The first kappa shape index (κ1) is 11.7. The van der Waals surface area contributed by atoms with Crippen molar-refractivity contribution in [1.29, 1.82) is 0 Å². The summed E-state index contributed by atoms with van der Waals surface area (Å²) in [5.41, 5.74) is 7.71. The molecule has 1 aromatic carbocycles. The van der Waals surface area contributed by atoms with Gasteiger partial charge in [-0.15, -0.1) is 0 Å². The molecule has 1 aliphatic heterocycles. The molecule has 2 atom stereocenters. The van der Waals surface area contributed by atoms with Crippen LogP contribution in [0.1, 0.15) is 37.3 Å². The SMILES string of the molecule is NC1c2ccccc2OCC1N(CC1CC1)C1CC1. The van der Waals surface area contributed by atoms with Crippen molar-refractivity contribution in [1.82, 2.24) is 4.90 Å². The van der Waals surface area contributed by atoms with Gasteiger partial charge in [0.1, 0.15) is 12.4 Å². The van der Waals surface area contributed by atoms with Crippen LogP contribution in [0.4, 0.5) is 0 Å². The Kier molecular flexibility index (Phi) is 2.78. The van der Waals surface area contributed by atoms with Crippen LogP contribution in [0.25, 0.3) is 0 Å². The quantitative estimate of drug-likeness (QED) is 0.900. The minimum absolute atomic E-state index is 0.101. The van der Waals surface area contributed by atoms with Crippen molar-refractivity contribution in [3.63, 3.8) is 0 Å². The second-order valence-electron chi connectivity index (χ2n) is 6.31. The summed E-state index contributed by atoms with van der Waals surface area (Å²) in [6.07, 6.45) is 5.50.